The molecule has 2 aromatic rings. The first-order valence-electron chi connectivity index (χ1n) is 3.87. The molecule has 2 heterocycles. The Hall–Kier alpha value is -2.11. The second-order valence-electron chi connectivity index (χ2n) is 2.89. The molecule has 0 fully saturated rings. The summed E-state index contributed by atoms with van der Waals surface area (Å²) in [6.45, 7) is 0. The number of rotatable bonds is 1. The van der Waals surface area contributed by atoms with Crippen LogP contribution in [0.3, 0.4) is 0 Å². The van der Waals surface area contributed by atoms with E-state index < -0.39 is 5.97 Å². The Balaban J connectivity index is 2.98. The number of carbonyl (C=O) groups is 1. The molecule has 0 aliphatic rings. The SMILES string of the molecule is Cn1cc2c(=O)[nH]cnc2c1C(=O)O. The minimum absolute atomic E-state index is 0.0195. The predicted molar refractivity (Wildman–Crippen MR) is 48.3 cm³/mol. The van der Waals surface area contributed by atoms with Gasteiger partial charge in [0.2, 0.25) is 0 Å². The van der Waals surface area contributed by atoms with Crippen LogP contribution in [0.5, 0.6) is 0 Å². The van der Waals surface area contributed by atoms with Crippen LogP contribution in [0.25, 0.3) is 10.9 Å². The average molecular weight is 193 g/mol. The van der Waals surface area contributed by atoms with Crippen LogP contribution < -0.4 is 5.56 Å². The molecule has 0 amide bonds. The minimum atomic E-state index is -1.10. The number of nitrogens with zero attached hydrogens (tertiary/aromatic N) is 2. The highest BCUT2D eigenvalue weighted by molar-refractivity contribution is 6.00. The number of aryl methyl sites for hydroxylation is 1. The van der Waals surface area contributed by atoms with Gasteiger partial charge >= 0.3 is 5.97 Å². The minimum Gasteiger partial charge on any atom is -0.477 e. The van der Waals surface area contributed by atoms with Gasteiger partial charge < -0.3 is 14.7 Å². The number of nitrogens with one attached hydrogen (secondary N) is 1. The first-order valence-corrected chi connectivity index (χ1v) is 3.87. The van der Waals surface area contributed by atoms with Crippen molar-refractivity contribution in [1.82, 2.24) is 14.5 Å². The normalized spacial score (nSPS) is 10.6. The van der Waals surface area contributed by atoms with Crippen LogP contribution in [0.2, 0.25) is 0 Å². The fourth-order valence-corrected chi connectivity index (χ4v) is 1.40. The Morgan fingerprint density at radius 3 is 3.00 bits per heavy atom. The molecule has 2 aromatic heterocycles. The molecule has 2 N–H and O–H groups in total. The summed E-state index contributed by atoms with van der Waals surface area (Å²) >= 11 is 0. The van der Waals surface area contributed by atoms with E-state index in [-0.39, 0.29) is 22.2 Å². The van der Waals surface area contributed by atoms with E-state index in [2.05, 4.69) is 9.97 Å². The van der Waals surface area contributed by atoms with Gasteiger partial charge in [0.05, 0.1) is 11.7 Å². The highest BCUT2D eigenvalue weighted by Crippen LogP contribution is 2.13. The smallest absolute Gasteiger partial charge is 0.354 e. The number of carboxylic acids is 1. The van der Waals surface area contributed by atoms with Crippen molar-refractivity contribution in [1.29, 1.82) is 0 Å². The van der Waals surface area contributed by atoms with Crippen molar-refractivity contribution in [2.24, 2.45) is 7.05 Å². The molecule has 72 valence electrons. The standard InChI is InChI=1S/C8H7N3O3/c1-11-2-4-5(6(11)8(13)14)9-3-10-7(4)12/h2-3H,1H3,(H,13,14)(H,9,10,12). The molecule has 0 aromatic carbocycles. The molecular weight excluding hydrogens is 186 g/mol. The van der Waals surface area contributed by atoms with Crippen molar-refractivity contribution < 1.29 is 9.90 Å². The molecule has 0 saturated heterocycles. The maximum Gasteiger partial charge on any atom is 0.354 e. The summed E-state index contributed by atoms with van der Waals surface area (Å²) in [5, 5.41) is 9.16. The van der Waals surface area contributed by atoms with Gasteiger partial charge in [-0.1, -0.05) is 0 Å². The highest BCUT2D eigenvalue weighted by atomic mass is 16.4. The van der Waals surface area contributed by atoms with E-state index in [1.807, 2.05) is 0 Å². The van der Waals surface area contributed by atoms with Crippen LogP contribution in [0, 0.1) is 0 Å². The lowest BCUT2D eigenvalue weighted by atomic mass is 10.3. The molecule has 14 heavy (non-hydrogen) atoms. The monoisotopic (exact) mass is 193 g/mol. The van der Waals surface area contributed by atoms with E-state index in [4.69, 9.17) is 5.11 Å². The lowest BCUT2D eigenvalue weighted by molar-refractivity contribution is 0.0688. The molecule has 6 heteroatoms. The molecule has 6 nitrogen and oxygen atoms in total. The van der Waals surface area contributed by atoms with Gasteiger partial charge in [0.25, 0.3) is 5.56 Å². The Labute approximate surface area is 77.8 Å². The quantitative estimate of drug-likeness (QED) is 0.665. The third kappa shape index (κ3) is 1.00. The maximum atomic E-state index is 11.3. The fraction of sp³-hybridized carbons (Fsp3) is 0.125. The molecule has 2 rings (SSSR count). The number of aromatic carboxylic acids is 1. The lowest BCUT2D eigenvalue weighted by Crippen LogP contribution is -2.06. The molecule has 0 spiro atoms. The largest absolute Gasteiger partial charge is 0.477 e. The van der Waals surface area contributed by atoms with Crippen LogP contribution in [-0.2, 0) is 7.05 Å². The van der Waals surface area contributed by atoms with Crippen LogP contribution >= 0.6 is 0 Å². The summed E-state index contributed by atoms with van der Waals surface area (Å²) in [6.07, 6.45) is 2.64. The molecular formula is C8H7N3O3. The van der Waals surface area contributed by atoms with E-state index in [1.54, 1.807) is 7.05 Å². The van der Waals surface area contributed by atoms with Crippen molar-refractivity contribution in [3.63, 3.8) is 0 Å². The summed E-state index contributed by atoms with van der Waals surface area (Å²) in [5.74, 6) is -1.10. The molecule has 0 bridgehead atoms. The summed E-state index contributed by atoms with van der Waals surface area (Å²) in [4.78, 5) is 28.3. The van der Waals surface area contributed by atoms with Gasteiger partial charge in [-0.25, -0.2) is 9.78 Å². The number of carboxylic acid groups (broad SMARTS) is 1. The fourth-order valence-electron chi connectivity index (χ4n) is 1.40. The first kappa shape index (κ1) is 8.49. The van der Waals surface area contributed by atoms with Gasteiger partial charge in [-0.05, 0) is 0 Å². The number of aromatic nitrogens is 3. The maximum absolute atomic E-state index is 11.3. The Kier molecular flexibility index (Phi) is 1.63. The predicted octanol–water partition coefficient (Wildman–Crippen LogP) is -0.0402. The second kappa shape index (κ2) is 2.69. The number of fused-ring (bicyclic) bond motifs is 1. The van der Waals surface area contributed by atoms with Gasteiger partial charge in [-0.15, -0.1) is 0 Å². The average Bonchev–Trinajstić information content (AvgIpc) is 2.42. The molecule has 0 saturated carbocycles. The van der Waals surface area contributed by atoms with Crippen molar-refractivity contribution in [2.45, 2.75) is 0 Å². The van der Waals surface area contributed by atoms with Crippen molar-refractivity contribution in [3.8, 4) is 0 Å². The van der Waals surface area contributed by atoms with Gasteiger partial charge in [0.15, 0.2) is 5.69 Å². The molecule has 0 aliphatic heterocycles. The third-order valence-electron chi connectivity index (χ3n) is 1.99. The summed E-state index contributed by atoms with van der Waals surface area (Å²) in [6, 6.07) is 0. The zero-order valence-electron chi connectivity index (χ0n) is 7.31. The topological polar surface area (TPSA) is 88.0 Å². The molecule has 0 atom stereocenters. The third-order valence-corrected chi connectivity index (χ3v) is 1.99. The number of hydrogen-bond donors (Lipinski definition) is 2. The lowest BCUT2D eigenvalue weighted by Gasteiger charge is -1.94. The van der Waals surface area contributed by atoms with Crippen LogP contribution in [0.4, 0.5) is 0 Å². The Morgan fingerprint density at radius 1 is 1.64 bits per heavy atom. The van der Waals surface area contributed by atoms with Gasteiger partial charge in [0.1, 0.15) is 5.52 Å². The van der Waals surface area contributed by atoms with Gasteiger partial charge in [0, 0.05) is 13.2 Å². The molecule has 0 unspecified atom stereocenters. The number of H-pyrrole nitrogens is 1. The zero-order chi connectivity index (χ0) is 10.3. The highest BCUT2D eigenvalue weighted by Gasteiger charge is 2.16. The zero-order valence-corrected chi connectivity index (χ0v) is 7.31. The van der Waals surface area contributed by atoms with Crippen LogP contribution in [-0.4, -0.2) is 25.6 Å². The van der Waals surface area contributed by atoms with Gasteiger partial charge in [-0.3, -0.25) is 4.79 Å². The van der Waals surface area contributed by atoms with E-state index in [0.717, 1.165) is 0 Å². The summed E-state index contributed by atoms with van der Waals surface area (Å²) < 4.78 is 1.37. The number of hydrogen-bond acceptors (Lipinski definition) is 3. The Bertz CT molecular complexity index is 567. The van der Waals surface area contributed by atoms with Crippen molar-refractivity contribution in [3.05, 3.63) is 28.6 Å². The van der Waals surface area contributed by atoms with Crippen molar-refractivity contribution >= 4 is 16.9 Å². The van der Waals surface area contributed by atoms with Crippen LogP contribution in [0.15, 0.2) is 17.3 Å². The summed E-state index contributed by atoms with van der Waals surface area (Å²) in [5.41, 5.74) is -0.104. The van der Waals surface area contributed by atoms with E-state index in [1.165, 1.54) is 17.1 Å². The number of aromatic amines is 1. The van der Waals surface area contributed by atoms with Crippen LogP contribution in [0.1, 0.15) is 10.5 Å². The Morgan fingerprint density at radius 2 is 2.36 bits per heavy atom. The van der Waals surface area contributed by atoms with Crippen molar-refractivity contribution in [2.75, 3.05) is 0 Å². The second-order valence-corrected chi connectivity index (χ2v) is 2.89. The summed E-state index contributed by atoms with van der Waals surface area (Å²) in [7, 11) is 1.56. The van der Waals surface area contributed by atoms with E-state index in [9.17, 15) is 9.59 Å². The van der Waals surface area contributed by atoms with E-state index >= 15 is 0 Å². The first-order chi connectivity index (χ1) is 6.61. The molecule has 0 radical (unpaired) electrons. The molecule has 0 aliphatic carbocycles. The van der Waals surface area contributed by atoms with Gasteiger partial charge in [-0.2, -0.15) is 0 Å². The van der Waals surface area contributed by atoms with E-state index in [0.29, 0.717) is 0 Å².